The third-order valence-electron chi connectivity index (χ3n) is 3.17. The second-order valence-electron chi connectivity index (χ2n) is 4.88. The van der Waals surface area contributed by atoms with E-state index in [-0.39, 0.29) is 0 Å². The molecule has 0 amide bonds. The van der Waals surface area contributed by atoms with Crippen LogP contribution >= 0.6 is 0 Å². The van der Waals surface area contributed by atoms with Gasteiger partial charge < -0.3 is 0 Å². The summed E-state index contributed by atoms with van der Waals surface area (Å²) in [4.78, 5) is 0. The molecule has 1 unspecified atom stereocenters. The van der Waals surface area contributed by atoms with Crippen molar-refractivity contribution in [2.75, 3.05) is 0 Å². The number of hydrogen-bond acceptors (Lipinski definition) is 0. The Morgan fingerprint density at radius 1 is 0.929 bits per heavy atom. The van der Waals surface area contributed by atoms with E-state index in [2.05, 4.69) is 34.6 Å². The van der Waals surface area contributed by atoms with Crippen molar-refractivity contribution in [1.82, 2.24) is 0 Å². The highest BCUT2D eigenvalue weighted by Gasteiger charge is 2.19. The molecule has 0 heterocycles. The lowest BCUT2D eigenvalue weighted by Gasteiger charge is -2.26. The quantitative estimate of drug-likeness (QED) is 0.467. The molecule has 1 atom stereocenters. The predicted octanol–water partition coefficient (Wildman–Crippen LogP) is 5.23. The zero-order valence-electron chi connectivity index (χ0n) is 10.9. The third-order valence-corrected chi connectivity index (χ3v) is 3.17. The number of unbranched alkanes of at least 4 members (excludes halogenated alkanes) is 2. The van der Waals surface area contributed by atoms with Crippen molar-refractivity contribution in [2.45, 2.75) is 73.1 Å². The van der Waals surface area contributed by atoms with Crippen LogP contribution in [0.2, 0.25) is 0 Å². The fourth-order valence-electron chi connectivity index (χ4n) is 2.30. The van der Waals surface area contributed by atoms with Crippen LogP contribution in [0.1, 0.15) is 73.1 Å². The molecule has 0 fully saturated rings. The van der Waals surface area contributed by atoms with Crippen LogP contribution in [0, 0.1) is 17.8 Å². The Bertz CT molecular complexity index is 115. The second-order valence-corrected chi connectivity index (χ2v) is 4.88. The molecule has 0 saturated carbocycles. The van der Waals surface area contributed by atoms with Crippen molar-refractivity contribution in [2.24, 2.45) is 11.8 Å². The minimum Gasteiger partial charge on any atom is -0.0654 e. The zero-order chi connectivity index (χ0) is 11.0. The summed E-state index contributed by atoms with van der Waals surface area (Å²) in [5.41, 5.74) is 0. The highest BCUT2D eigenvalue weighted by Crippen LogP contribution is 2.31. The molecule has 0 aliphatic carbocycles. The van der Waals surface area contributed by atoms with Crippen LogP contribution in [0.3, 0.4) is 0 Å². The molecule has 0 nitrogen and oxygen atoms in total. The number of hydrogen-bond donors (Lipinski definition) is 0. The average Bonchev–Trinajstić information content (AvgIpc) is 2.12. The molecule has 0 aromatic rings. The van der Waals surface area contributed by atoms with Crippen molar-refractivity contribution in [1.29, 1.82) is 0 Å². The molecule has 0 aromatic heterocycles. The van der Waals surface area contributed by atoms with Crippen molar-refractivity contribution in [3.63, 3.8) is 0 Å². The summed E-state index contributed by atoms with van der Waals surface area (Å²) in [6, 6.07) is 0. The SMILES string of the molecule is CCCCC[C](C(C)C)C(C)CCC. The molecule has 0 heteroatoms. The van der Waals surface area contributed by atoms with Gasteiger partial charge in [0, 0.05) is 0 Å². The Morgan fingerprint density at radius 3 is 2.00 bits per heavy atom. The minimum absolute atomic E-state index is 0.786. The van der Waals surface area contributed by atoms with E-state index in [9.17, 15) is 0 Å². The first kappa shape index (κ1) is 14.0. The van der Waals surface area contributed by atoms with Crippen molar-refractivity contribution >= 4 is 0 Å². The molecule has 0 saturated heterocycles. The average molecular weight is 197 g/mol. The van der Waals surface area contributed by atoms with Gasteiger partial charge in [0.2, 0.25) is 0 Å². The zero-order valence-corrected chi connectivity index (χ0v) is 10.9. The Hall–Kier alpha value is 0. The monoisotopic (exact) mass is 197 g/mol. The standard InChI is InChI=1S/C14H29/c1-6-8-9-11-14(12(3)4)13(5)10-7-2/h12-13H,6-11H2,1-5H3. The summed E-state index contributed by atoms with van der Waals surface area (Å²) in [7, 11) is 0. The van der Waals surface area contributed by atoms with E-state index in [1.165, 1.54) is 38.5 Å². The Balaban J connectivity index is 3.88. The predicted molar refractivity (Wildman–Crippen MR) is 66.3 cm³/mol. The summed E-state index contributed by atoms with van der Waals surface area (Å²) < 4.78 is 0. The van der Waals surface area contributed by atoms with Gasteiger partial charge in [0.1, 0.15) is 0 Å². The maximum absolute atomic E-state index is 2.41. The Labute approximate surface area is 91.5 Å². The number of rotatable bonds is 8. The lowest BCUT2D eigenvalue weighted by atomic mass is 9.79. The van der Waals surface area contributed by atoms with Gasteiger partial charge in [0.05, 0.1) is 0 Å². The van der Waals surface area contributed by atoms with Crippen LogP contribution in [0.25, 0.3) is 0 Å². The van der Waals surface area contributed by atoms with Gasteiger partial charge in [-0.1, -0.05) is 66.7 Å². The normalized spacial score (nSPS) is 13.9. The molecule has 0 aromatic carbocycles. The van der Waals surface area contributed by atoms with E-state index in [1.54, 1.807) is 5.92 Å². The van der Waals surface area contributed by atoms with Gasteiger partial charge in [0.25, 0.3) is 0 Å². The molecule has 85 valence electrons. The third kappa shape index (κ3) is 5.67. The van der Waals surface area contributed by atoms with Crippen LogP contribution in [-0.2, 0) is 0 Å². The fraction of sp³-hybridized carbons (Fsp3) is 0.929. The van der Waals surface area contributed by atoms with E-state index in [1.807, 2.05) is 0 Å². The summed E-state index contributed by atoms with van der Waals surface area (Å²) in [6.45, 7) is 11.7. The van der Waals surface area contributed by atoms with Crippen molar-refractivity contribution < 1.29 is 0 Å². The van der Waals surface area contributed by atoms with Gasteiger partial charge in [-0.25, -0.2) is 0 Å². The van der Waals surface area contributed by atoms with Crippen LogP contribution < -0.4 is 0 Å². The largest absolute Gasteiger partial charge is 0.0654 e. The fourth-order valence-corrected chi connectivity index (χ4v) is 2.30. The Kier molecular flexibility index (Phi) is 8.32. The maximum Gasteiger partial charge on any atom is -0.0187 e. The molecule has 0 rings (SSSR count). The van der Waals surface area contributed by atoms with Crippen molar-refractivity contribution in [3.8, 4) is 0 Å². The first-order valence-corrected chi connectivity index (χ1v) is 6.49. The van der Waals surface area contributed by atoms with Gasteiger partial charge in [-0.05, 0) is 24.2 Å². The first-order chi connectivity index (χ1) is 6.63. The summed E-state index contributed by atoms with van der Waals surface area (Å²) in [5.74, 6) is 3.44. The van der Waals surface area contributed by atoms with Gasteiger partial charge in [-0.2, -0.15) is 0 Å². The highest BCUT2D eigenvalue weighted by atomic mass is 14.2. The lowest BCUT2D eigenvalue weighted by molar-refractivity contribution is 0.415. The van der Waals surface area contributed by atoms with Gasteiger partial charge in [-0.15, -0.1) is 0 Å². The molecule has 0 spiro atoms. The van der Waals surface area contributed by atoms with Crippen LogP contribution in [-0.4, -0.2) is 0 Å². The summed E-state index contributed by atoms with van der Waals surface area (Å²) >= 11 is 0. The molecule has 0 N–H and O–H groups in total. The molecular formula is C14H29. The molecule has 1 radical (unpaired) electrons. The maximum atomic E-state index is 2.41. The molecule has 0 bridgehead atoms. The van der Waals surface area contributed by atoms with Crippen LogP contribution in [0.4, 0.5) is 0 Å². The van der Waals surface area contributed by atoms with Crippen molar-refractivity contribution in [3.05, 3.63) is 5.92 Å². The van der Waals surface area contributed by atoms with E-state index >= 15 is 0 Å². The van der Waals surface area contributed by atoms with E-state index in [0.717, 1.165) is 11.8 Å². The van der Waals surface area contributed by atoms with Gasteiger partial charge in [0.15, 0.2) is 0 Å². The van der Waals surface area contributed by atoms with E-state index in [4.69, 9.17) is 0 Å². The second kappa shape index (κ2) is 8.32. The van der Waals surface area contributed by atoms with E-state index in [0.29, 0.717) is 0 Å². The summed E-state index contributed by atoms with van der Waals surface area (Å²) in [6.07, 6.45) is 8.21. The minimum atomic E-state index is 0.786. The van der Waals surface area contributed by atoms with E-state index < -0.39 is 0 Å². The smallest absolute Gasteiger partial charge is 0.0187 e. The molecule has 0 aliphatic heterocycles. The molecule has 0 aliphatic rings. The Morgan fingerprint density at radius 2 is 1.57 bits per heavy atom. The highest BCUT2D eigenvalue weighted by molar-refractivity contribution is 4.97. The van der Waals surface area contributed by atoms with Gasteiger partial charge in [-0.3, -0.25) is 0 Å². The van der Waals surface area contributed by atoms with Crippen LogP contribution in [0.5, 0.6) is 0 Å². The first-order valence-electron chi connectivity index (χ1n) is 6.49. The van der Waals surface area contributed by atoms with Crippen LogP contribution in [0.15, 0.2) is 0 Å². The van der Waals surface area contributed by atoms with Gasteiger partial charge >= 0.3 is 0 Å². The molecule has 14 heavy (non-hydrogen) atoms. The lowest BCUT2D eigenvalue weighted by Crippen LogP contribution is -2.15. The summed E-state index contributed by atoms with van der Waals surface area (Å²) in [5, 5.41) is 0. The topological polar surface area (TPSA) is 0 Å². The molecular weight excluding hydrogens is 168 g/mol.